The van der Waals surface area contributed by atoms with Crippen LogP contribution in [0.25, 0.3) is 10.9 Å². The van der Waals surface area contributed by atoms with Crippen LogP contribution < -0.4 is 0 Å². The molecule has 0 bridgehead atoms. The van der Waals surface area contributed by atoms with E-state index >= 15 is 0 Å². The van der Waals surface area contributed by atoms with Crippen molar-refractivity contribution in [3.63, 3.8) is 0 Å². The van der Waals surface area contributed by atoms with Gasteiger partial charge in [-0.05, 0) is 26.0 Å². The normalized spacial score (nSPS) is 16.3. The molecule has 2 N–H and O–H groups in total. The van der Waals surface area contributed by atoms with Crippen molar-refractivity contribution in [3.05, 3.63) is 42.6 Å². The summed E-state index contributed by atoms with van der Waals surface area (Å²) in [5.74, 6) is -0.201. The first-order valence-electron chi connectivity index (χ1n) is 8.57. The molecule has 158 valence electrons. The first kappa shape index (κ1) is 24.4. The topological polar surface area (TPSA) is 134 Å². The van der Waals surface area contributed by atoms with Crippen LogP contribution in [0, 0.1) is 0 Å². The van der Waals surface area contributed by atoms with Crippen LogP contribution in [-0.4, -0.2) is 73.3 Å². The fraction of sp³-hybridized carbons (Fsp3) is 0.471. The molecule has 1 aromatic heterocycles. The molecule has 1 atom stereocenters. The smallest absolute Gasteiger partial charge is 0.280 e. The van der Waals surface area contributed by atoms with Crippen LogP contribution in [-0.2, 0) is 25.0 Å². The number of pyridine rings is 1. The SMILES string of the molecule is CC(N1CCOCC1)S(=O)(=O)O.CCS(=O)(=O)O.c1ccc2ncccc2c1. The third-order valence-corrected chi connectivity index (χ3v) is 5.76. The third-order valence-electron chi connectivity index (χ3n) is 3.87. The van der Waals surface area contributed by atoms with Gasteiger partial charge >= 0.3 is 0 Å². The molecule has 1 aliphatic rings. The zero-order valence-corrected chi connectivity index (χ0v) is 17.4. The van der Waals surface area contributed by atoms with Crippen LogP contribution in [0.1, 0.15) is 13.8 Å². The lowest BCUT2D eigenvalue weighted by atomic mass is 10.2. The van der Waals surface area contributed by atoms with Crippen molar-refractivity contribution in [2.45, 2.75) is 19.2 Å². The largest absolute Gasteiger partial charge is 0.379 e. The standard InChI is InChI=1S/C9H7N.C6H13NO4S.C2H6O3S/c1-2-6-9-8(4-1)5-3-7-10-9;1-6(12(8,9)10)7-2-4-11-5-3-7;1-2-6(3,4)5/h1-7H;6H,2-5H2,1H3,(H,8,9,10);2H2,1H3,(H,3,4,5). The molecule has 0 aliphatic carbocycles. The quantitative estimate of drug-likeness (QED) is 0.692. The highest BCUT2D eigenvalue weighted by molar-refractivity contribution is 7.86. The minimum absolute atomic E-state index is 0.201. The van der Waals surface area contributed by atoms with Gasteiger partial charge in [-0.15, -0.1) is 0 Å². The van der Waals surface area contributed by atoms with Crippen LogP contribution in [0.2, 0.25) is 0 Å². The van der Waals surface area contributed by atoms with Gasteiger partial charge in [0.25, 0.3) is 20.2 Å². The lowest BCUT2D eigenvalue weighted by molar-refractivity contribution is 0.0325. The molecular formula is C17H26N2O7S2. The zero-order chi connectivity index (χ0) is 21.2. The Morgan fingerprint density at radius 2 is 1.61 bits per heavy atom. The molecule has 9 nitrogen and oxygen atoms in total. The van der Waals surface area contributed by atoms with E-state index in [0.29, 0.717) is 26.3 Å². The van der Waals surface area contributed by atoms with Gasteiger partial charge < -0.3 is 4.74 Å². The van der Waals surface area contributed by atoms with Crippen molar-refractivity contribution < 1.29 is 30.7 Å². The average Bonchev–Trinajstić information content (AvgIpc) is 2.68. The monoisotopic (exact) mass is 434 g/mol. The summed E-state index contributed by atoms with van der Waals surface area (Å²) in [5.41, 5.74) is 1.06. The second kappa shape index (κ2) is 11.4. The molecule has 0 saturated carbocycles. The Labute approximate surface area is 165 Å². The van der Waals surface area contributed by atoms with Gasteiger partial charge in [0.2, 0.25) is 0 Å². The van der Waals surface area contributed by atoms with Gasteiger partial charge in [0.05, 0.1) is 24.5 Å². The number of benzene rings is 1. The van der Waals surface area contributed by atoms with Gasteiger partial charge in [0.15, 0.2) is 0 Å². The highest BCUT2D eigenvalue weighted by Crippen LogP contribution is 2.08. The van der Waals surface area contributed by atoms with Gasteiger partial charge in [-0.3, -0.25) is 19.0 Å². The number of ether oxygens (including phenoxy) is 1. The molecule has 1 aromatic carbocycles. The van der Waals surface area contributed by atoms with Crippen molar-refractivity contribution in [1.82, 2.24) is 9.88 Å². The highest BCUT2D eigenvalue weighted by atomic mass is 32.2. The maximum atomic E-state index is 10.7. The minimum atomic E-state index is -3.93. The van der Waals surface area contributed by atoms with Crippen molar-refractivity contribution in [3.8, 4) is 0 Å². The first-order valence-corrected chi connectivity index (χ1v) is 11.7. The number of morpholine rings is 1. The molecule has 3 rings (SSSR count). The maximum Gasteiger partial charge on any atom is 0.280 e. The summed E-state index contributed by atoms with van der Waals surface area (Å²) >= 11 is 0. The molecule has 2 heterocycles. The number of nitrogens with zero attached hydrogens (tertiary/aromatic N) is 2. The van der Waals surface area contributed by atoms with E-state index in [1.165, 1.54) is 19.2 Å². The molecule has 1 aliphatic heterocycles. The van der Waals surface area contributed by atoms with Crippen LogP contribution in [0.15, 0.2) is 42.6 Å². The molecule has 1 fully saturated rings. The number of rotatable bonds is 3. The van der Waals surface area contributed by atoms with E-state index in [0.717, 1.165) is 5.52 Å². The Bertz CT molecular complexity index is 862. The molecule has 1 unspecified atom stereocenters. The maximum absolute atomic E-state index is 10.7. The fourth-order valence-corrected chi connectivity index (χ4v) is 2.73. The second-order valence-electron chi connectivity index (χ2n) is 5.83. The predicted octanol–water partition coefficient (Wildman–Crippen LogP) is 1.68. The minimum Gasteiger partial charge on any atom is -0.379 e. The number of hydrogen-bond acceptors (Lipinski definition) is 7. The Morgan fingerprint density at radius 3 is 2.11 bits per heavy atom. The summed E-state index contributed by atoms with van der Waals surface area (Å²) in [4.78, 5) is 5.86. The third kappa shape index (κ3) is 9.53. The Kier molecular flexibility index (Phi) is 9.93. The van der Waals surface area contributed by atoms with E-state index < -0.39 is 25.6 Å². The molecule has 0 spiro atoms. The van der Waals surface area contributed by atoms with Crippen molar-refractivity contribution in [2.24, 2.45) is 0 Å². The average molecular weight is 435 g/mol. The van der Waals surface area contributed by atoms with Crippen molar-refractivity contribution >= 4 is 31.1 Å². The molecule has 1 saturated heterocycles. The summed E-state index contributed by atoms with van der Waals surface area (Å²) in [6.45, 7) is 5.01. The molecular weight excluding hydrogens is 408 g/mol. The van der Waals surface area contributed by atoms with E-state index in [2.05, 4.69) is 17.1 Å². The van der Waals surface area contributed by atoms with Gasteiger partial charge in [-0.2, -0.15) is 16.8 Å². The molecule has 11 heteroatoms. The molecule has 0 amide bonds. The fourth-order valence-electron chi connectivity index (χ4n) is 2.15. The molecule has 28 heavy (non-hydrogen) atoms. The number of aromatic nitrogens is 1. The zero-order valence-electron chi connectivity index (χ0n) is 15.8. The number of fused-ring (bicyclic) bond motifs is 1. The van der Waals surface area contributed by atoms with Crippen LogP contribution in [0.3, 0.4) is 0 Å². The summed E-state index contributed by atoms with van der Waals surface area (Å²) in [5, 5.41) is 0.381. The summed E-state index contributed by atoms with van der Waals surface area (Å²) in [6.07, 6.45) is 1.81. The van der Waals surface area contributed by atoms with E-state index in [9.17, 15) is 16.8 Å². The second-order valence-corrected chi connectivity index (χ2v) is 9.28. The van der Waals surface area contributed by atoms with Gasteiger partial charge in [0, 0.05) is 24.7 Å². The van der Waals surface area contributed by atoms with Crippen molar-refractivity contribution in [2.75, 3.05) is 32.1 Å². The first-order chi connectivity index (χ1) is 13.0. The van der Waals surface area contributed by atoms with Gasteiger partial charge in [0.1, 0.15) is 5.37 Å². The predicted molar refractivity (Wildman–Crippen MR) is 107 cm³/mol. The van der Waals surface area contributed by atoms with Crippen LogP contribution in [0.5, 0.6) is 0 Å². The van der Waals surface area contributed by atoms with Gasteiger partial charge in [-0.25, -0.2) is 0 Å². The number of hydrogen-bond donors (Lipinski definition) is 2. The van der Waals surface area contributed by atoms with E-state index in [1.54, 1.807) is 4.90 Å². The number of para-hydroxylation sites is 1. The van der Waals surface area contributed by atoms with Crippen LogP contribution >= 0.6 is 0 Å². The lowest BCUT2D eigenvalue weighted by Gasteiger charge is -2.30. The van der Waals surface area contributed by atoms with Crippen molar-refractivity contribution in [1.29, 1.82) is 0 Å². The van der Waals surface area contributed by atoms with Crippen LogP contribution in [0.4, 0.5) is 0 Å². The Morgan fingerprint density at radius 1 is 1.07 bits per heavy atom. The van der Waals surface area contributed by atoms with E-state index in [1.807, 2.05) is 30.5 Å². The lowest BCUT2D eigenvalue weighted by Crippen LogP contribution is -2.45. The molecule has 0 radical (unpaired) electrons. The summed E-state index contributed by atoms with van der Waals surface area (Å²) in [7, 11) is -7.59. The highest BCUT2D eigenvalue weighted by Gasteiger charge is 2.26. The van der Waals surface area contributed by atoms with E-state index in [4.69, 9.17) is 13.8 Å². The molecule has 2 aromatic rings. The van der Waals surface area contributed by atoms with E-state index in [-0.39, 0.29) is 5.75 Å². The summed E-state index contributed by atoms with van der Waals surface area (Å²) in [6, 6.07) is 12.1. The summed E-state index contributed by atoms with van der Waals surface area (Å²) < 4.78 is 62.1. The van der Waals surface area contributed by atoms with Gasteiger partial charge in [-0.1, -0.05) is 24.3 Å². The Balaban J connectivity index is 0.000000222. The Hall–Kier alpha value is -1.63.